The van der Waals surface area contributed by atoms with Crippen LogP contribution in [-0.2, 0) is 10.2 Å². The Kier molecular flexibility index (Phi) is 3.44. The Morgan fingerprint density at radius 3 is 2.35 bits per heavy atom. The number of Topliss-reactive ketones (excluding diaryl/α,β-unsaturated/α-hetero) is 1. The molecule has 0 unspecified atom stereocenters. The molecule has 0 bridgehead atoms. The summed E-state index contributed by atoms with van der Waals surface area (Å²) in [4.78, 5) is 35.6. The van der Waals surface area contributed by atoms with Crippen molar-refractivity contribution in [1.82, 2.24) is 0 Å². The molecule has 2 aromatic carbocycles. The van der Waals surface area contributed by atoms with Crippen molar-refractivity contribution in [3.8, 4) is 0 Å². The first-order chi connectivity index (χ1) is 11.0. The van der Waals surface area contributed by atoms with Crippen molar-refractivity contribution in [3.05, 3.63) is 81.4 Å². The molecule has 2 aromatic rings. The van der Waals surface area contributed by atoms with Gasteiger partial charge in [0.2, 0.25) is 12.5 Å². The standard InChI is InChI=1S/C17H14N2O4/c18-16(21)14-15(20)12-8-4-5-9-13(12)17(14,10-19(22)23)11-6-2-1-3-7-11/h1-9,14H,10H2,(H2,18,21)/t14-,17+/m1/s1. The van der Waals surface area contributed by atoms with Gasteiger partial charge in [-0.25, -0.2) is 0 Å². The predicted octanol–water partition coefficient (Wildman–Crippen LogP) is 1.55. The lowest BCUT2D eigenvalue weighted by Gasteiger charge is -2.30. The predicted molar refractivity (Wildman–Crippen MR) is 82.5 cm³/mol. The van der Waals surface area contributed by atoms with E-state index in [9.17, 15) is 19.7 Å². The zero-order valence-electron chi connectivity index (χ0n) is 12.1. The molecule has 3 rings (SSSR count). The molecule has 0 radical (unpaired) electrons. The van der Waals surface area contributed by atoms with Gasteiger partial charge in [-0.2, -0.15) is 0 Å². The molecule has 0 spiro atoms. The number of fused-ring (bicyclic) bond motifs is 1. The van der Waals surface area contributed by atoms with Crippen LogP contribution in [0.4, 0.5) is 0 Å². The largest absolute Gasteiger partial charge is 0.369 e. The summed E-state index contributed by atoms with van der Waals surface area (Å²) in [6, 6.07) is 15.2. The fourth-order valence-corrected chi connectivity index (χ4v) is 3.52. The van der Waals surface area contributed by atoms with Gasteiger partial charge in [-0.1, -0.05) is 54.6 Å². The molecule has 1 aliphatic carbocycles. The quantitative estimate of drug-likeness (QED) is 0.525. The number of hydrogen-bond acceptors (Lipinski definition) is 4. The number of hydrogen-bond donors (Lipinski definition) is 1. The van der Waals surface area contributed by atoms with Gasteiger partial charge in [-0.15, -0.1) is 0 Å². The molecule has 116 valence electrons. The molecule has 1 amide bonds. The lowest BCUT2D eigenvalue weighted by Crippen LogP contribution is -2.47. The molecule has 0 aromatic heterocycles. The van der Waals surface area contributed by atoms with E-state index < -0.39 is 34.5 Å². The van der Waals surface area contributed by atoms with Gasteiger partial charge in [0.1, 0.15) is 11.3 Å². The van der Waals surface area contributed by atoms with Crippen LogP contribution in [0.3, 0.4) is 0 Å². The van der Waals surface area contributed by atoms with Gasteiger partial charge in [0.25, 0.3) is 0 Å². The van der Waals surface area contributed by atoms with E-state index in [2.05, 4.69) is 0 Å². The number of rotatable bonds is 4. The van der Waals surface area contributed by atoms with E-state index in [0.29, 0.717) is 16.7 Å². The van der Waals surface area contributed by atoms with Crippen molar-refractivity contribution in [1.29, 1.82) is 0 Å². The van der Waals surface area contributed by atoms with Gasteiger partial charge < -0.3 is 5.73 Å². The van der Waals surface area contributed by atoms with Crippen LogP contribution in [0.25, 0.3) is 0 Å². The third-order valence-corrected chi connectivity index (χ3v) is 4.38. The number of ketones is 1. The summed E-state index contributed by atoms with van der Waals surface area (Å²) in [5, 5.41) is 11.4. The van der Waals surface area contributed by atoms with Crippen LogP contribution in [0.5, 0.6) is 0 Å². The van der Waals surface area contributed by atoms with Crippen LogP contribution < -0.4 is 5.73 Å². The highest BCUT2D eigenvalue weighted by Crippen LogP contribution is 2.48. The van der Waals surface area contributed by atoms with Gasteiger partial charge in [-0.3, -0.25) is 19.7 Å². The number of nitrogens with zero attached hydrogens (tertiary/aromatic N) is 1. The van der Waals surface area contributed by atoms with Crippen molar-refractivity contribution in [3.63, 3.8) is 0 Å². The van der Waals surface area contributed by atoms with E-state index in [1.165, 1.54) is 0 Å². The first-order valence-electron chi connectivity index (χ1n) is 7.09. The number of carbonyl (C=O) groups excluding carboxylic acids is 2. The summed E-state index contributed by atoms with van der Waals surface area (Å²) in [6.07, 6.45) is 0. The summed E-state index contributed by atoms with van der Waals surface area (Å²) in [6.45, 7) is -0.576. The Bertz CT molecular complexity index is 803. The van der Waals surface area contributed by atoms with Crippen molar-refractivity contribution in [2.75, 3.05) is 6.54 Å². The highest BCUT2D eigenvalue weighted by molar-refractivity contribution is 6.15. The third kappa shape index (κ3) is 2.11. The van der Waals surface area contributed by atoms with E-state index in [1.807, 2.05) is 0 Å². The Labute approximate surface area is 132 Å². The Morgan fingerprint density at radius 1 is 1.13 bits per heavy atom. The minimum atomic E-state index is -1.37. The molecule has 0 heterocycles. The third-order valence-electron chi connectivity index (χ3n) is 4.38. The lowest BCUT2D eigenvalue weighted by atomic mass is 9.69. The second kappa shape index (κ2) is 5.31. The van der Waals surface area contributed by atoms with Gasteiger partial charge in [0.05, 0.1) is 0 Å². The van der Waals surface area contributed by atoms with Crippen LogP contribution in [0.1, 0.15) is 21.5 Å². The first-order valence-corrected chi connectivity index (χ1v) is 7.09. The molecule has 0 saturated heterocycles. The van der Waals surface area contributed by atoms with Gasteiger partial charge in [0, 0.05) is 10.5 Å². The first kappa shape index (κ1) is 14.9. The highest BCUT2D eigenvalue weighted by Gasteiger charge is 2.58. The van der Waals surface area contributed by atoms with Crippen molar-refractivity contribution in [2.45, 2.75) is 5.41 Å². The van der Waals surface area contributed by atoms with Crippen molar-refractivity contribution < 1.29 is 14.5 Å². The molecule has 1 aliphatic rings. The second-order valence-corrected chi connectivity index (χ2v) is 5.57. The molecule has 0 fully saturated rings. The van der Waals surface area contributed by atoms with Crippen molar-refractivity contribution >= 4 is 11.7 Å². The summed E-state index contributed by atoms with van der Waals surface area (Å²) in [5.74, 6) is -2.59. The summed E-state index contributed by atoms with van der Waals surface area (Å²) in [7, 11) is 0. The number of nitrogens with two attached hydrogens (primary N) is 1. The average Bonchev–Trinajstić information content (AvgIpc) is 2.78. The number of nitro groups is 1. The van der Waals surface area contributed by atoms with Crippen molar-refractivity contribution in [2.24, 2.45) is 11.7 Å². The SMILES string of the molecule is NC(=O)[C@H]1C(=O)c2ccccc2[C@]1(C[N+](=O)[O-])c1ccccc1. The Hall–Kier alpha value is -3.02. The molecule has 0 aliphatic heterocycles. The number of benzene rings is 2. The van der Waals surface area contributed by atoms with Gasteiger partial charge in [0.15, 0.2) is 5.78 Å². The highest BCUT2D eigenvalue weighted by atomic mass is 16.6. The normalized spacial score (nSPS) is 22.6. The van der Waals surface area contributed by atoms with Crippen LogP contribution in [0.15, 0.2) is 54.6 Å². The van der Waals surface area contributed by atoms with Crippen LogP contribution in [-0.4, -0.2) is 23.2 Å². The van der Waals surface area contributed by atoms with E-state index in [4.69, 9.17) is 5.73 Å². The average molecular weight is 310 g/mol. The number of primary amides is 1. The maximum absolute atomic E-state index is 12.7. The maximum Gasteiger partial charge on any atom is 0.229 e. The molecule has 2 atom stereocenters. The minimum Gasteiger partial charge on any atom is -0.369 e. The molecule has 23 heavy (non-hydrogen) atoms. The molecular formula is C17H14N2O4. The molecule has 6 heteroatoms. The topological polar surface area (TPSA) is 103 Å². The fourth-order valence-electron chi connectivity index (χ4n) is 3.52. The lowest BCUT2D eigenvalue weighted by molar-refractivity contribution is -0.489. The number of amides is 1. The van der Waals surface area contributed by atoms with E-state index >= 15 is 0 Å². The monoisotopic (exact) mass is 310 g/mol. The van der Waals surface area contributed by atoms with E-state index in [1.54, 1.807) is 54.6 Å². The summed E-state index contributed by atoms with van der Waals surface area (Å²) < 4.78 is 0. The molecule has 2 N–H and O–H groups in total. The Morgan fingerprint density at radius 2 is 1.74 bits per heavy atom. The molecular weight excluding hydrogens is 296 g/mol. The van der Waals surface area contributed by atoms with Crippen LogP contribution >= 0.6 is 0 Å². The summed E-state index contributed by atoms with van der Waals surface area (Å²) >= 11 is 0. The molecule has 6 nitrogen and oxygen atoms in total. The fraction of sp³-hybridized carbons (Fsp3) is 0.176. The second-order valence-electron chi connectivity index (χ2n) is 5.57. The Balaban J connectivity index is 2.37. The molecule has 0 saturated carbocycles. The zero-order valence-corrected chi connectivity index (χ0v) is 12.1. The van der Waals surface area contributed by atoms with E-state index in [0.717, 1.165) is 0 Å². The van der Waals surface area contributed by atoms with Gasteiger partial charge in [-0.05, 0) is 11.1 Å². The van der Waals surface area contributed by atoms with E-state index in [-0.39, 0.29) is 0 Å². The zero-order chi connectivity index (χ0) is 16.6. The number of carbonyl (C=O) groups is 2. The van der Waals surface area contributed by atoms with Crippen LogP contribution in [0, 0.1) is 16.0 Å². The van der Waals surface area contributed by atoms with Crippen LogP contribution in [0.2, 0.25) is 0 Å². The smallest absolute Gasteiger partial charge is 0.229 e. The van der Waals surface area contributed by atoms with Gasteiger partial charge >= 0.3 is 0 Å². The summed E-state index contributed by atoms with van der Waals surface area (Å²) in [5.41, 5.74) is 5.45. The minimum absolute atomic E-state index is 0.321. The maximum atomic E-state index is 12.7.